The van der Waals surface area contributed by atoms with Crippen molar-refractivity contribution in [2.75, 3.05) is 7.05 Å². The highest BCUT2D eigenvalue weighted by atomic mass is 16.2. The van der Waals surface area contributed by atoms with Gasteiger partial charge in [0.25, 0.3) is 0 Å². The van der Waals surface area contributed by atoms with Gasteiger partial charge in [0.2, 0.25) is 5.91 Å². The van der Waals surface area contributed by atoms with Gasteiger partial charge in [-0.15, -0.1) is 0 Å². The number of para-hydroxylation sites is 2. The van der Waals surface area contributed by atoms with E-state index in [1.165, 1.54) is 0 Å². The molecule has 0 bridgehead atoms. The molecule has 0 atom stereocenters. The molecular formula is C16H19N5O. The summed E-state index contributed by atoms with van der Waals surface area (Å²) in [6.07, 6.45) is 5.95. The molecule has 0 spiro atoms. The van der Waals surface area contributed by atoms with Crippen LogP contribution >= 0.6 is 0 Å². The number of hydrogen-bond acceptors (Lipinski definition) is 3. The highest BCUT2D eigenvalue weighted by Crippen LogP contribution is 2.12. The van der Waals surface area contributed by atoms with Gasteiger partial charge in [-0.1, -0.05) is 12.1 Å². The van der Waals surface area contributed by atoms with Gasteiger partial charge >= 0.3 is 0 Å². The monoisotopic (exact) mass is 297 g/mol. The average molecular weight is 297 g/mol. The van der Waals surface area contributed by atoms with Crippen molar-refractivity contribution in [2.24, 2.45) is 7.05 Å². The van der Waals surface area contributed by atoms with Gasteiger partial charge in [-0.05, 0) is 12.1 Å². The van der Waals surface area contributed by atoms with E-state index in [2.05, 4.69) is 10.1 Å². The molecule has 0 saturated heterocycles. The zero-order valence-electron chi connectivity index (χ0n) is 12.8. The quantitative estimate of drug-likeness (QED) is 0.722. The maximum absolute atomic E-state index is 12.3. The van der Waals surface area contributed by atoms with E-state index in [1.54, 1.807) is 22.1 Å². The van der Waals surface area contributed by atoms with E-state index in [4.69, 9.17) is 0 Å². The predicted molar refractivity (Wildman–Crippen MR) is 84.0 cm³/mol. The first-order valence-electron chi connectivity index (χ1n) is 7.25. The summed E-state index contributed by atoms with van der Waals surface area (Å²) in [5, 5.41) is 4.12. The fraction of sp³-hybridized carbons (Fsp3) is 0.312. The van der Waals surface area contributed by atoms with Crippen LogP contribution in [-0.4, -0.2) is 37.2 Å². The van der Waals surface area contributed by atoms with Gasteiger partial charge in [0, 0.05) is 45.4 Å². The molecule has 0 aliphatic heterocycles. The molecule has 6 heteroatoms. The van der Waals surface area contributed by atoms with Crippen molar-refractivity contribution in [1.29, 1.82) is 0 Å². The second kappa shape index (κ2) is 6.01. The molecular weight excluding hydrogens is 278 g/mol. The Hall–Kier alpha value is -2.63. The van der Waals surface area contributed by atoms with E-state index in [0.717, 1.165) is 16.6 Å². The van der Waals surface area contributed by atoms with Gasteiger partial charge in [0.05, 0.1) is 23.6 Å². The minimum absolute atomic E-state index is 0.113. The van der Waals surface area contributed by atoms with Gasteiger partial charge in [-0.25, -0.2) is 4.98 Å². The maximum Gasteiger partial charge on any atom is 0.224 e. The Labute approximate surface area is 129 Å². The number of fused-ring (bicyclic) bond motifs is 1. The lowest BCUT2D eigenvalue weighted by molar-refractivity contribution is -0.130. The van der Waals surface area contributed by atoms with Gasteiger partial charge in [-0.2, -0.15) is 5.10 Å². The topological polar surface area (TPSA) is 56.0 Å². The van der Waals surface area contributed by atoms with Crippen molar-refractivity contribution >= 4 is 16.9 Å². The first kappa shape index (κ1) is 14.3. The number of carbonyl (C=O) groups is 1. The molecule has 0 saturated carbocycles. The Kier molecular flexibility index (Phi) is 3.91. The number of carbonyl (C=O) groups excluding carboxylic acids is 1. The Morgan fingerprint density at radius 3 is 2.91 bits per heavy atom. The van der Waals surface area contributed by atoms with Crippen LogP contribution in [0, 0.1) is 0 Å². The number of aryl methyl sites for hydroxylation is 2. The zero-order chi connectivity index (χ0) is 15.5. The molecule has 6 nitrogen and oxygen atoms in total. The van der Waals surface area contributed by atoms with Crippen LogP contribution in [0.25, 0.3) is 11.0 Å². The SMILES string of the molecule is CN(Cc1cnn(C)c1)C(=O)CCn1cnc2ccccc21. The Morgan fingerprint density at radius 1 is 1.32 bits per heavy atom. The van der Waals surface area contributed by atoms with E-state index >= 15 is 0 Å². The summed E-state index contributed by atoms with van der Waals surface area (Å²) in [5.74, 6) is 0.113. The predicted octanol–water partition coefficient (Wildman–Crippen LogP) is 1.82. The molecule has 1 amide bonds. The first-order valence-corrected chi connectivity index (χ1v) is 7.25. The number of imidazole rings is 1. The van der Waals surface area contributed by atoms with E-state index in [9.17, 15) is 4.79 Å². The Morgan fingerprint density at radius 2 is 2.14 bits per heavy atom. The Bertz CT molecular complexity index is 789. The fourth-order valence-electron chi connectivity index (χ4n) is 2.51. The molecule has 0 N–H and O–H groups in total. The molecule has 1 aromatic carbocycles. The van der Waals surface area contributed by atoms with Crippen molar-refractivity contribution in [3.63, 3.8) is 0 Å². The minimum Gasteiger partial charge on any atom is -0.341 e. The molecule has 2 aromatic heterocycles. The van der Waals surface area contributed by atoms with Crippen LogP contribution < -0.4 is 0 Å². The second-order valence-corrected chi connectivity index (χ2v) is 5.45. The molecule has 22 heavy (non-hydrogen) atoms. The van der Waals surface area contributed by atoms with Crippen molar-refractivity contribution in [3.05, 3.63) is 48.5 Å². The van der Waals surface area contributed by atoms with Gasteiger partial charge in [0.1, 0.15) is 0 Å². The summed E-state index contributed by atoms with van der Waals surface area (Å²) < 4.78 is 3.76. The van der Waals surface area contributed by atoms with Crippen molar-refractivity contribution in [2.45, 2.75) is 19.5 Å². The van der Waals surface area contributed by atoms with Crippen LogP contribution in [0.1, 0.15) is 12.0 Å². The van der Waals surface area contributed by atoms with Gasteiger partial charge in [0.15, 0.2) is 0 Å². The summed E-state index contributed by atoms with van der Waals surface area (Å²) in [5.41, 5.74) is 3.05. The van der Waals surface area contributed by atoms with E-state index in [1.807, 2.05) is 49.1 Å². The van der Waals surface area contributed by atoms with Crippen LogP contribution in [0.3, 0.4) is 0 Å². The summed E-state index contributed by atoms with van der Waals surface area (Å²) in [7, 11) is 3.69. The summed E-state index contributed by atoms with van der Waals surface area (Å²) in [4.78, 5) is 18.3. The van der Waals surface area contributed by atoms with Gasteiger partial charge in [-0.3, -0.25) is 9.48 Å². The number of aromatic nitrogens is 4. The molecule has 2 heterocycles. The zero-order valence-corrected chi connectivity index (χ0v) is 12.8. The third-order valence-electron chi connectivity index (χ3n) is 3.70. The van der Waals surface area contributed by atoms with Crippen LogP contribution in [0.4, 0.5) is 0 Å². The third-order valence-corrected chi connectivity index (χ3v) is 3.70. The molecule has 0 radical (unpaired) electrons. The molecule has 0 aliphatic rings. The lowest BCUT2D eigenvalue weighted by atomic mass is 10.3. The summed E-state index contributed by atoms with van der Waals surface area (Å²) in [6.45, 7) is 1.22. The van der Waals surface area contributed by atoms with Crippen molar-refractivity contribution < 1.29 is 4.79 Å². The highest BCUT2D eigenvalue weighted by molar-refractivity contribution is 5.77. The number of benzene rings is 1. The van der Waals surface area contributed by atoms with E-state index in [0.29, 0.717) is 19.5 Å². The lowest BCUT2D eigenvalue weighted by Gasteiger charge is -2.16. The molecule has 0 unspecified atom stereocenters. The van der Waals surface area contributed by atoms with Crippen molar-refractivity contribution in [3.8, 4) is 0 Å². The molecule has 3 aromatic rings. The number of hydrogen-bond donors (Lipinski definition) is 0. The maximum atomic E-state index is 12.3. The number of nitrogens with zero attached hydrogens (tertiary/aromatic N) is 5. The average Bonchev–Trinajstić information content (AvgIpc) is 3.11. The van der Waals surface area contributed by atoms with Crippen LogP contribution in [0.2, 0.25) is 0 Å². The normalized spacial score (nSPS) is 11.0. The summed E-state index contributed by atoms with van der Waals surface area (Å²) >= 11 is 0. The molecule has 0 fully saturated rings. The number of rotatable bonds is 5. The van der Waals surface area contributed by atoms with Crippen LogP contribution in [0.5, 0.6) is 0 Å². The fourth-order valence-corrected chi connectivity index (χ4v) is 2.51. The minimum atomic E-state index is 0.113. The largest absolute Gasteiger partial charge is 0.341 e. The first-order chi connectivity index (χ1) is 10.6. The highest BCUT2D eigenvalue weighted by Gasteiger charge is 2.11. The standard InChI is InChI=1S/C16H19N5O/c1-19(10-13-9-18-20(2)11-13)16(22)7-8-21-12-17-14-5-3-4-6-15(14)21/h3-6,9,11-12H,7-8,10H2,1-2H3. The summed E-state index contributed by atoms with van der Waals surface area (Å²) in [6, 6.07) is 7.94. The smallest absolute Gasteiger partial charge is 0.224 e. The van der Waals surface area contributed by atoms with Crippen molar-refractivity contribution in [1.82, 2.24) is 24.2 Å². The van der Waals surface area contributed by atoms with E-state index in [-0.39, 0.29) is 5.91 Å². The van der Waals surface area contributed by atoms with Crippen LogP contribution in [0.15, 0.2) is 43.0 Å². The van der Waals surface area contributed by atoms with Gasteiger partial charge < -0.3 is 9.47 Å². The molecule has 3 rings (SSSR count). The number of amides is 1. The Balaban J connectivity index is 1.59. The lowest BCUT2D eigenvalue weighted by Crippen LogP contribution is -2.26. The molecule has 114 valence electrons. The van der Waals surface area contributed by atoms with Crippen LogP contribution in [-0.2, 0) is 24.9 Å². The van der Waals surface area contributed by atoms with E-state index < -0.39 is 0 Å². The molecule has 0 aliphatic carbocycles. The third kappa shape index (κ3) is 3.00. The second-order valence-electron chi connectivity index (χ2n) is 5.45.